The van der Waals surface area contributed by atoms with Crippen molar-refractivity contribution < 1.29 is 22.8 Å². The molecule has 1 aromatic heterocycles. The van der Waals surface area contributed by atoms with E-state index in [1.807, 2.05) is 6.92 Å². The maximum Gasteiger partial charge on any atom is 0.416 e. The van der Waals surface area contributed by atoms with Gasteiger partial charge in [0.2, 0.25) is 0 Å². The molecule has 3 aromatic rings. The van der Waals surface area contributed by atoms with Crippen LogP contribution in [0.4, 0.5) is 18.0 Å². The van der Waals surface area contributed by atoms with Gasteiger partial charge in [-0.05, 0) is 65.6 Å². The van der Waals surface area contributed by atoms with Crippen LogP contribution in [0.2, 0.25) is 5.02 Å². The summed E-state index contributed by atoms with van der Waals surface area (Å²) in [6, 6.07) is 8.97. The van der Waals surface area contributed by atoms with Crippen LogP contribution >= 0.6 is 23.4 Å². The third-order valence-corrected chi connectivity index (χ3v) is 6.95. The minimum absolute atomic E-state index is 0.0141. The number of rotatable bonds is 7. The summed E-state index contributed by atoms with van der Waals surface area (Å²) in [5.74, 6) is -0.0743. The van der Waals surface area contributed by atoms with Crippen LogP contribution in [0.3, 0.4) is 0 Å². The Kier molecular flexibility index (Phi) is 7.28. The van der Waals surface area contributed by atoms with E-state index in [2.05, 4.69) is 12.0 Å². The first-order valence-electron chi connectivity index (χ1n) is 11.1. The highest BCUT2D eigenvalue weighted by Gasteiger charge is 2.36. The Balaban J connectivity index is 1.57. The van der Waals surface area contributed by atoms with Gasteiger partial charge in [0.25, 0.3) is 11.1 Å². The topological polar surface area (TPSA) is 55.2 Å². The number of thioether (sulfide) groups is 1. The minimum atomic E-state index is -4.53. The molecule has 184 valence electrons. The Morgan fingerprint density at radius 3 is 2.66 bits per heavy atom. The van der Waals surface area contributed by atoms with Gasteiger partial charge in [0.1, 0.15) is 0 Å². The van der Waals surface area contributed by atoms with E-state index >= 15 is 0 Å². The largest absolute Gasteiger partial charge is 0.416 e. The predicted octanol–water partition coefficient (Wildman–Crippen LogP) is 7.23. The van der Waals surface area contributed by atoms with E-state index in [1.54, 1.807) is 30.5 Å². The highest BCUT2D eigenvalue weighted by molar-refractivity contribution is 8.18. The number of hydrogen-bond acceptors (Lipinski definition) is 4. The summed E-state index contributed by atoms with van der Waals surface area (Å²) in [7, 11) is 0. The van der Waals surface area contributed by atoms with Crippen LogP contribution in [-0.2, 0) is 17.5 Å². The number of amides is 2. The lowest BCUT2D eigenvalue weighted by atomic mass is 10.1. The lowest BCUT2D eigenvalue weighted by molar-refractivity contribution is -0.138. The molecule has 1 fully saturated rings. The van der Waals surface area contributed by atoms with Crippen LogP contribution in [0.15, 0.2) is 47.5 Å². The summed E-state index contributed by atoms with van der Waals surface area (Å²) < 4.78 is 41.9. The van der Waals surface area contributed by atoms with Crippen molar-refractivity contribution in [2.24, 2.45) is 5.92 Å². The molecule has 0 bridgehead atoms. The molecule has 0 aliphatic carbocycles. The average Bonchev–Trinajstić information content (AvgIpc) is 3.30. The lowest BCUT2D eigenvalue weighted by Gasteiger charge is -2.17. The van der Waals surface area contributed by atoms with Gasteiger partial charge >= 0.3 is 6.18 Å². The summed E-state index contributed by atoms with van der Waals surface area (Å²) in [6.45, 7) is 4.40. The molecular formula is C25H23ClF3N3O2S. The Hall–Kier alpha value is -2.78. The minimum Gasteiger partial charge on any atom is -0.268 e. The predicted molar refractivity (Wildman–Crippen MR) is 132 cm³/mol. The highest BCUT2D eigenvalue weighted by atomic mass is 35.5. The van der Waals surface area contributed by atoms with Gasteiger partial charge in [0.05, 0.1) is 28.7 Å². The number of nitrogens with zero attached hydrogens (tertiary/aromatic N) is 3. The number of benzene rings is 2. The molecule has 1 unspecified atom stereocenters. The summed E-state index contributed by atoms with van der Waals surface area (Å²) in [6.07, 6.45) is 0.604. The lowest BCUT2D eigenvalue weighted by Crippen LogP contribution is -2.32. The van der Waals surface area contributed by atoms with Gasteiger partial charge in [-0.3, -0.25) is 19.2 Å². The van der Waals surface area contributed by atoms with Crippen LogP contribution in [0.5, 0.6) is 0 Å². The summed E-state index contributed by atoms with van der Waals surface area (Å²) in [4.78, 5) is 26.8. The van der Waals surface area contributed by atoms with Crippen LogP contribution < -0.4 is 0 Å². The first-order chi connectivity index (χ1) is 16.6. The van der Waals surface area contributed by atoms with Gasteiger partial charge in [0.15, 0.2) is 0 Å². The van der Waals surface area contributed by atoms with E-state index in [-0.39, 0.29) is 34.2 Å². The summed E-state index contributed by atoms with van der Waals surface area (Å²) in [5, 5.41) is 4.70. The fourth-order valence-electron chi connectivity index (χ4n) is 4.14. The molecule has 1 aliphatic heterocycles. The number of halogens is 4. The van der Waals surface area contributed by atoms with E-state index in [4.69, 9.17) is 11.6 Å². The average molecular weight is 522 g/mol. The Morgan fingerprint density at radius 2 is 1.94 bits per heavy atom. The van der Waals surface area contributed by atoms with Gasteiger partial charge in [0, 0.05) is 17.0 Å². The van der Waals surface area contributed by atoms with Crippen molar-refractivity contribution in [2.75, 3.05) is 6.54 Å². The standard InChI is InChI=1S/C25H23ClF3N3O2S/c1-3-4-15(2)13-31-23(33)22(35-24(31)34)10-16-5-8-21-18(9-16)12-30-32(21)14-17-6-7-19(26)11-20(17)25(27,28)29/h5-12,15H,3-4,13-14H2,1-2H3. The number of carbonyl (C=O) groups excluding carboxylic acids is 2. The molecule has 2 aromatic carbocycles. The second-order valence-electron chi connectivity index (χ2n) is 8.61. The van der Waals surface area contributed by atoms with E-state index in [1.165, 1.54) is 21.7 Å². The van der Waals surface area contributed by atoms with Crippen molar-refractivity contribution in [1.29, 1.82) is 0 Å². The fourth-order valence-corrected chi connectivity index (χ4v) is 5.16. The number of carbonyl (C=O) groups is 2. The zero-order valence-corrected chi connectivity index (χ0v) is 20.7. The molecule has 1 atom stereocenters. The fraction of sp³-hybridized carbons (Fsp3) is 0.320. The van der Waals surface area contributed by atoms with Crippen LogP contribution in [0.25, 0.3) is 17.0 Å². The molecule has 5 nitrogen and oxygen atoms in total. The van der Waals surface area contributed by atoms with Gasteiger partial charge in [-0.1, -0.05) is 44.0 Å². The normalized spacial score (nSPS) is 16.6. The smallest absolute Gasteiger partial charge is 0.268 e. The molecule has 0 spiro atoms. The number of hydrogen-bond donors (Lipinski definition) is 0. The van der Waals surface area contributed by atoms with Crippen LogP contribution in [0.1, 0.15) is 43.4 Å². The molecule has 1 aliphatic rings. The monoisotopic (exact) mass is 521 g/mol. The molecule has 2 heterocycles. The number of imide groups is 1. The molecule has 4 rings (SSSR count). The summed E-state index contributed by atoms with van der Waals surface area (Å²) in [5.41, 5.74) is 0.606. The van der Waals surface area contributed by atoms with Crippen LogP contribution in [-0.4, -0.2) is 32.4 Å². The van der Waals surface area contributed by atoms with Crippen molar-refractivity contribution in [2.45, 2.75) is 39.4 Å². The Labute approximate surface area is 209 Å². The third-order valence-electron chi connectivity index (χ3n) is 5.81. The molecule has 1 saturated heterocycles. The van der Waals surface area contributed by atoms with E-state index in [0.29, 0.717) is 27.9 Å². The molecule has 35 heavy (non-hydrogen) atoms. The second-order valence-corrected chi connectivity index (χ2v) is 10.0. The van der Waals surface area contributed by atoms with Crippen molar-refractivity contribution in [3.63, 3.8) is 0 Å². The van der Waals surface area contributed by atoms with Gasteiger partial charge in [-0.25, -0.2) is 0 Å². The Bertz CT molecular complexity index is 1320. The second kappa shape index (κ2) is 10.1. The van der Waals surface area contributed by atoms with E-state index in [9.17, 15) is 22.8 Å². The number of fused-ring (bicyclic) bond motifs is 1. The molecule has 2 amide bonds. The molecule has 0 N–H and O–H groups in total. The summed E-state index contributed by atoms with van der Waals surface area (Å²) >= 11 is 6.69. The van der Waals surface area contributed by atoms with E-state index < -0.39 is 11.7 Å². The van der Waals surface area contributed by atoms with Gasteiger partial charge in [-0.15, -0.1) is 0 Å². The maximum absolute atomic E-state index is 13.5. The highest BCUT2D eigenvalue weighted by Crippen LogP contribution is 2.35. The number of aromatic nitrogens is 2. The van der Waals surface area contributed by atoms with E-state index in [0.717, 1.165) is 30.7 Å². The zero-order valence-electron chi connectivity index (χ0n) is 19.1. The first kappa shape index (κ1) is 25.3. The quantitative estimate of drug-likeness (QED) is 0.308. The SMILES string of the molecule is CCCC(C)CN1C(=O)SC(=Cc2ccc3c(cnn3Cc3ccc(Cl)cc3C(F)(F)F)c2)C1=O. The van der Waals surface area contributed by atoms with Crippen molar-refractivity contribution in [1.82, 2.24) is 14.7 Å². The van der Waals surface area contributed by atoms with Crippen molar-refractivity contribution >= 4 is 51.5 Å². The first-order valence-corrected chi connectivity index (χ1v) is 12.3. The van der Waals surface area contributed by atoms with Crippen LogP contribution in [0, 0.1) is 5.92 Å². The maximum atomic E-state index is 13.5. The van der Waals surface area contributed by atoms with Gasteiger partial charge in [-0.2, -0.15) is 18.3 Å². The molecule has 0 radical (unpaired) electrons. The molecule has 10 heteroatoms. The van der Waals surface area contributed by atoms with Gasteiger partial charge < -0.3 is 0 Å². The Morgan fingerprint density at radius 1 is 1.17 bits per heavy atom. The molecular weight excluding hydrogens is 499 g/mol. The third kappa shape index (κ3) is 5.56. The zero-order chi connectivity index (χ0) is 25.3. The number of alkyl halides is 3. The van der Waals surface area contributed by atoms with Crippen molar-refractivity contribution in [3.8, 4) is 0 Å². The molecule has 0 saturated carbocycles. The van der Waals surface area contributed by atoms with Crippen molar-refractivity contribution in [3.05, 3.63) is 69.2 Å².